The number of hydrogen-bond donors (Lipinski definition) is 0. The van der Waals surface area contributed by atoms with Crippen molar-refractivity contribution in [3.63, 3.8) is 0 Å². The summed E-state index contributed by atoms with van der Waals surface area (Å²) >= 11 is 0. The minimum Gasteiger partial charge on any atom is -0.377 e. The van der Waals surface area contributed by atoms with E-state index in [2.05, 4.69) is 19.9 Å². The molecular weight excluding hydrogens is 212 g/mol. The lowest BCUT2D eigenvalue weighted by Gasteiger charge is -2.16. The van der Waals surface area contributed by atoms with Crippen LogP contribution in [0, 0.1) is 19.8 Å². The monoisotopic (exact) mass is 232 g/mol. The average molecular weight is 232 g/mol. The number of rotatable bonds is 3. The van der Waals surface area contributed by atoms with Crippen molar-refractivity contribution in [3.8, 4) is 0 Å². The van der Waals surface area contributed by atoms with E-state index in [0.29, 0.717) is 0 Å². The third-order valence-electron chi connectivity index (χ3n) is 3.60. The predicted octanol–water partition coefficient (Wildman–Crippen LogP) is 3.30. The van der Waals surface area contributed by atoms with E-state index in [-0.39, 0.29) is 17.8 Å². The Labute approximate surface area is 103 Å². The molecule has 1 heterocycles. The number of ketones is 1. The topological polar surface area (TPSA) is 26.3 Å². The molecule has 1 aliphatic heterocycles. The van der Waals surface area contributed by atoms with E-state index in [4.69, 9.17) is 4.74 Å². The highest BCUT2D eigenvalue weighted by Gasteiger charge is 2.33. The van der Waals surface area contributed by atoms with Crippen LogP contribution < -0.4 is 0 Å². The molecule has 0 aliphatic carbocycles. The van der Waals surface area contributed by atoms with Crippen LogP contribution in [0.15, 0.2) is 18.2 Å². The van der Waals surface area contributed by atoms with Crippen molar-refractivity contribution < 1.29 is 9.53 Å². The molecule has 92 valence electrons. The van der Waals surface area contributed by atoms with Gasteiger partial charge in [-0.1, -0.05) is 30.7 Å². The molecular formula is C15H20O2. The zero-order valence-corrected chi connectivity index (χ0v) is 10.8. The van der Waals surface area contributed by atoms with E-state index < -0.39 is 0 Å². The van der Waals surface area contributed by atoms with Gasteiger partial charge in [0.1, 0.15) is 0 Å². The fraction of sp³-hybridized carbons (Fsp3) is 0.533. The first-order valence-corrected chi connectivity index (χ1v) is 6.36. The molecule has 0 bridgehead atoms. The summed E-state index contributed by atoms with van der Waals surface area (Å²) in [5.74, 6) is 0.313. The summed E-state index contributed by atoms with van der Waals surface area (Å²) in [6.45, 7) is 6.86. The van der Waals surface area contributed by atoms with Crippen LogP contribution >= 0.6 is 0 Å². The molecule has 2 nitrogen and oxygen atoms in total. The number of carbonyl (C=O) groups excluding carboxylic acids is 1. The van der Waals surface area contributed by atoms with Gasteiger partial charge >= 0.3 is 0 Å². The van der Waals surface area contributed by atoms with Gasteiger partial charge in [0.25, 0.3) is 0 Å². The summed E-state index contributed by atoms with van der Waals surface area (Å²) in [6, 6.07) is 6.04. The molecule has 1 fully saturated rings. The molecule has 2 unspecified atom stereocenters. The molecule has 0 N–H and O–H groups in total. The van der Waals surface area contributed by atoms with Crippen LogP contribution in [0.1, 0.15) is 41.3 Å². The maximum Gasteiger partial charge on any atom is 0.168 e. The van der Waals surface area contributed by atoms with Gasteiger partial charge in [0, 0.05) is 12.2 Å². The molecule has 2 heteroatoms. The van der Waals surface area contributed by atoms with Crippen molar-refractivity contribution in [2.75, 3.05) is 6.61 Å². The van der Waals surface area contributed by atoms with Crippen molar-refractivity contribution in [1.29, 1.82) is 0 Å². The standard InChI is InChI=1S/C15H20O2/c1-4-14-13(7-8-17-14)15(16)12-6-5-10(2)9-11(12)3/h5-6,9,13-14H,4,7-8H2,1-3H3. The maximum atomic E-state index is 12.5. The summed E-state index contributed by atoms with van der Waals surface area (Å²) in [5, 5.41) is 0. The fourth-order valence-corrected chi connectivity index (χ4v) is 2.64. The summed E-state index contributed by atoms with van der Waals surface area (Å²) in [4.78, 5) is 12.5. The Morgan fingerprint density at radius 1 is 1.41 bits per heavy atom. The van der Waals surface area contributed by atoms with Gasteiger partial charge in [0.2, 0.25) is 0 Å². The van der Waals surface area contributed by atoms with E-state index in [9.17, 15) is 4.79 Å². The van der Waals surface area contributed by atoms with Gasteiger partial charge in [-0.15, -0.1) is 0 Å². The second-order valence-electron chi connectivity index (χ2n) is 4.90. The molecule has 1 aromatic rings. The number of benzene rings is 1. The van der Waals surface area contributed by atoms with E-state index in [1.807, 2.05) is 19.1 Å². The second kappa shape index (κ2) is 5.01. The first kappa shape index (κ1) is 12.3. The van der Waals surface area contributed by atoms with Crippen LogP contribution in [0.5, 0.6) is 0 Å². The van der Waals surface area contributed by atoms with Gasteiger partial charge in [-0.05, 0) is 32.3 Å². The summed E-state index contributed by atoms with van der Waals surface area (Å²) in [7, 11) is 0. The van der Waals surface area contributed by atoms with Gasteiger partial charge in [-0.2, -0.15) is 0 Å². The maximum absolute atomic E-state index is 12.5. The molecule has 1 aliphatic rings. The molecule has 0 amide bonds. The van der Waals surface area contributed by atoms with Crippen molar-refractivity contribution in [1.82, 2.24) is 0 Å². The number of hydrogen-bond acceptors (Lipinski definition) is 2. The largest absolute Gasteiger partial charge is 0.377 e. The molecule has 2 atom stereocenters. The number of Topliss-reactive ketones (excluding diaryl/α,β-unsaturated/α-hetero) is 1. The van der Waals surface area contributed by atoms with Gasteiger partial charge in [-0.25, -0.2) is 0 Å². The first-order valence-electron chi connectivity index (χ1n) is 6.36. The zero-order valence-electron chi connectivity index (χ0n) is 10.8. The quantitative estimate of drug-likeness (QED) is 0.747. The Kier molecular flexibility index (Phi) is 3.63. The Balaban J connectivity index is 2.24. The van der Waals surface area contributed by atoms with Crippen LogP contribution in [-0.2, 0) is 4.74 Å². The molecule has 2 rings (SSSR count). The number of carbonyl (C=O) groups is 1. The normalized spacial score (nSPS) is 23.9. The Morgan fingerprint density at radius 2 is 2.18 bits per heavy atom. The lowest BCUT2D eigenvalue weighted by Crippen LogP contribution is -2.24. The second-order valence-corrected chi connectivity index (χ2v) is 4.90. The summed E-state index contributed by atoms with van der Waals surface area (Å²) in [5.41, 5.74) is 3.15. The van der Waals surface area contributed by atoms with Crippen molar-refractivity contribution in [2.24, 2.45) is 5.92 Å². The highest BCUT2D eigenvalue weighted by molar-refractivity contribution is 5.99. The van der Waals surface area contributed by atoms with Gasteiger partial charge in [0.15, 0.2) is 5.78 Å². The summed E-state index contributed by atoms with van der Waals surface area (Å²) < 4.78 is 5.60. The zero-order chi connectivity index (χ0) is 12.4. The number of aryl methyl sites for hydroxylation is 2. The van der Waals surface area contributed by atoms with E-state index in [0.717, 1.165) is 30.6 Å². The lowest BCUT2D eigenvalue weighted by molar-refractivity contribution is 0.0688. The average Bonchev–Trinajstić information content (AvgIpc) is 2.76. The minimum atomic E-state index is 0.0569. The third-order valence-corrected chi connectivity index (χ3v) is 3.60. The molecule has 0 radical (unpaired) electrons. The smallest absolute Gasteiger partial charge is 0.168 e. The first-order chi connectivity index (χ1) is 8.13. The van der Waals surface area contributed by atoms with Crippen LogP contribution in [0.2, 0.25) is 0 Å². The van der Waals surface area contributed by atoms with Gasteiger partial charge in [0.05, 0.1) is 12.0 Å². The molecule has 0 saturated carbocycles. The van der Waals surface area contributed by atoms with E-state index in [1.54, 1.807) is 0 Å². The Hall–Kier alpha value is -1.15. The van der Waals surface area contributed by atoms with Crippen LogP contribution in [-0.4, -0.2) is 18.5 Å². The van der Waals surface area contributed by atoms with Crippen LogP contribution in [0.25, 0.3) is 0 Å². The molecule has 1 aromatic carbocycles. The highest BCUT2D eigenvalue weighted by atomic mass is 16.5. The van der Waals surface area contributed by atoms with Crippen molar-refractivity contribution in [3.05, 3.63) is 34.9 Å². The fourth-order valence-electron chi connectivity index (χ4n) is 2.64. The van der Waals surface area contributed by atoms with E-state index in [1.165, 1.54) is 5.56 Å². The lowest BCUT2D eigenvalue weighted by atomic mass is 9.88. The van der Waals surface area contributed by atoms with E-state index >= 15 is 0 Å². The minimum absolute atomic E-state index is 0.0569. The summed E-state index contributed by atoms with van der Waals surface area (Å²) in [6.07, 6.45) is 1.90. The van der Waals surface area contributed by atoms with Crippen LogP contribution in [0.4, 0.5) is 0 Å². The van der Waals surface area contributed by atoms with Gasteiger partial charge in [-0.3, -0.25) is 4.79 Å². The molecule has 17 heavy (non-hydrogen) atoms. The van der Waals surface area contributed by atoms with Crippen molar-refractivity contribution >= 4 is 5.78 Å². The third kappa shape index (κ3) is 2.42. The number of ether oxygens (including phenoxy) is 1. The van der Waals surface area contributed by atoms with Crippen LogP contribution in [0.3, 0.4) is 0 Å². The van der Waals surface area contributed by atoms with Crippen molar-refractivity contribution in [2.45, 2.75) is 39.7 Å². The predicted molar refractivity (Wildman–Crippen MR) is 68.4 cm³/mol. The van der Waals surface area contributed by atoms with Gasteiger partial charge < -0.3 is 4.74 Å². The molecule has 1 saturated heterocycles. The SMILES string of the molecule is CCC1OCCC1C(=O)c1ccc(C)cc1C. The molecule has 0 aromatic heterocycles. The Morgan fingerprint density at radius 3 is 2.82 bits per heavy atom. The highest BCUT2D eigenvalue weighted by Crippen LogP contribution is 2.28. The molecule has 0 spiro atoms. The Bertz CT molecular complexity index is 423.